The molecular weight excluding hydrogens is 271 g/mol. The molecule has 0 aromatic heterocycles. The molecule has 6 heteroatoms. The smallest absolute Gasteiger partial charge is 0.449 e. The van der Waals surface area contributed by atoms with E-state index in [2.05, 4.69) is 0 Å². The van der Waals surface area contributed by atoms with Crippen LogP contribution in [0.3, 0.4) is 0 Å². The van der Waals surface area contributed by atoms with Crippen LogP contribution in [-0.4, -0.2) is 23.6 Å². The fraction of sp³-hybridized carbons (Fsp3) is 0.357. The third kappa shape index (κ3) is 2.70. The zero-order chi connectivity index (χ0) is 14.9. The molecule has 1 aromatic carbocycles. The lowest BCUT2D eigenvalue weighted by Gasteiger charge is -2.25. The minimum Gasteiger partial charge on any atom is -0.504 e. The molecule has 0 unspecified atom stereocenters. The Hall–Kier alpha value is -1.82. The molecular formula is C14H15F3NO2+. The maximum atomic E-state index is 12.7. The van der Waals surface area contributed by atoms with Gasteiger partial charge in [0.1, 0.15) is 11.6 Å². The number of hydrogen-bond donors (Lipinski definition) is 2. The molecule has 0 radical (unpaired) electrons. The van der Waals surface area contributed by atoms with Crippen LogP contribution in [0.4, 0.5) is 13.2 Å². The first kappa shape index (κ1) is 14.6. The molecule has 0 saturated carbocycles. The fourth-order valence-electron chi connectivity index (χ4n) is 2.56. The van der Waals surface area contributed by atoms with Gasteiger partial charge in [-0.2, -0.15) is 13.2 Å². The molecule has 3 N–H and O–H groups in total. The first-order chi connectivity index (χ1) is 9.32. The van der Waals surface area contributed by atoms with Crippen LogP contribution in [0.25, 0.3) is 0 Å². The molecule has 1 aromatic rings. The number of carbonyl (C=O) groups is 1. The maximum Gasteiger partial charge on any atom is 0.449 e. The number of fused-ring (bicyclic) bond motifs is 1. The van der Waals surface area contributed by atoms with Crippen molar-refractivity contribution in [2.24, 2.45) is 0 Å². The summed E-state index contributed by atoms with van der Waals surface area (Å²) in [7, 11) is 0. The summed E-state index contributed by atoms with van der Waals surface area (Å²) in [5.41, 5.74) is 0.984. The topological polar surface area (TPSA) is 53.9 Å². The predicted molar refractivity (Wildman–Crippen MR) is 66.1 cm³/mol. The van der Waals surface area contributed by atoms with Crippen LogP contribution in [0, 0.1) is 0 Å². The summed E-state index contributed by atoms with van der Waals surface area (Å²) in [4.78, 5) is 11.6. The molecule has 0 aliphatic carbocycles. The molecule has 1 atom stereocenters. The van der Waals surface area contributed by atoms with Gasteiger partial charge in [0.25, 0.3) is 0 Å². The fourth-order valence-corrected chi connectivity index (χ4v) is 2.56. The summed E-state index contributed by atoms with van der Waals surface area (Å²) in [5.74, 6) is -2.55. The van der Waals surface area contributed by atoms with E-state index in [9.17, 15) is 23.1 Å². The van der Waals surface area contributed by atoms with E-state index < -0.39 is 29.3 Å². The van der Waals surface area contributed by atoms with E-state index in [0.29, 0.717) is 12.1 Å². The van der Waals surface area contributed by atoms with Crippen LogP contribution in [0.15, 0.2) is 35.6 Å². The highest BCUT2D eigenvalue weighted by atomic mass is 19.4. The minimum absolute atomic E-state index is 0.573. The molecule has 3 nitrogen and oxygen atoms in total. The van der Waals surface area contributed by atoms with Gasteiger partial charge in [-0.05, 0) is 12.5 Å². The first-order valence-electron chi connectivity index (χ1n) is 6.24. The summed E-state index contributed by atoms with van der Waals surface area (Å²) < 4.78 is 38.1. The number of aliphatic hydroxyl groups excluding tert-OH is 1. The van der Waals surface area contributed by atoms with Crippen LogP contribution in [0.2, 0.25) is 0 Å². The molecule has 20 heavy (non-hydrogen) atoms. The van der Waals surface area contributed by atoms with E-state index >= 15 is 0 Å². The van der Waals surface area contributed by atoms with Crippen molar-refractivity contribution in [3.05, 3.63) is 46.7 Å². The highest BCUT2D eigenvalue weighted by Crippen LogP contribution is 2.33. The van der Waals surface area contributed by atoms with E-state index in [1.807, 2.05) is 12.1 Å². The normalized spacial score (nSPS) is 20.1. The number of alkyl halides is 3. The number of halogens is 3. The Kier molecular flexibility index (Phi) is 3.85. The standard InChI is InChI=1S/C14H14F3NO2/c1-8(19)11(13(20)14(15,16)17)12-10-5-3-2-4-9(10)6-7-18-12/h2-5,12,18,20H,6-7H2,1H3/p+1/t12-/m1/s1. The molecule has 0 amide bonds. The molecule has 1 aliphatic rings. The van der Waals surface area contributed by atoms with E-state index in [-0.39, 0.29) is 0 Å². The number of quaternary nitrogens is 1. The molecule has 0 bridgehead atoms. The Morgan fingerprint density at radius 3 is 2.60 bits per heavy atom. The molecule has 0 spiro atoms. The van der Waals surface area contributed by atoms with Gasteiger partial charge >= 0.3 is 6.18 Å². The highest BCUT2D eigenvalue weighted by Gasteiger charge is 2.42. The van der Waals surface area contributed by atoms with Crippen LogP contribution < -0.4 is 5.32 Å². The van der Waals surface area contributed by atoms with Crippen molar-refractivity contribution in [1.29, 1.82) is 0 Å². The number of rotatable bonds is 2. The second kappa shape index (κ2) is 5.28. The average Bonchev–Trinajstić information content (AvgIpc) is 2.37. The van der Waals surface area contributed by atoms with Crippen LogP contribution in [-0.2, 0) is 11.2 Å². The third-order valence-electron chi connectivity index (χ3n) is 3.42. The summed E-state index contributed by atoms with van der Waals surface area (Å²) in [6.07, 6.45) is -4.19. The van der Waals surface area contributed by atoms with Gasteiger partial charge in [-0.15, -0.1) is 0 Å². The molecule has 0 fully saturated rings. The first-order valence-corrected chi connectivity index (χ1v) is 6.24. The van der Waals surface area contributed by atoms with Gasteiger partial charge in [-0.3, -0.25) is 4.79 Å². The molecule has 108 valence electrons. The zero-order valence-electron chi connectivity index (χ0n) is 10.9. The predicted octanol–water partition coefficient (Wildman–Crippen LogP) is 1.81. The third-order valence-corrected chi connectivity index (χ3v) is 3.42. The summed E-state index contributed by atoms with van der Waals surface area (Å²) >= 11 is 0. The number of ketones is 1. The molecule has 2 rings (SSSR count). The van der Waals surface area contributed by atoms with Crippen molar-refractivity contribution < 1.29 is 28.4 Å². The van der Waals surface area contributed by atoms with Crippen molar-refractivity contribution in [1.82, 2.24) is 0 Å². The van der Waals surface area contributed by atoms with E-state index in [1.165, 1.54) is 0 Å². The zero-order valence-corrected chi connectivity index (χ0v) is 10.9. The minimum atomic E-state index is -4.92. The van der Waals surface area contributed by atoms with E-state index in [1.54, 1.807) is 17.4 Å². The van der Waals surface area contributed by atoms with Crippen molar-refractivity contribution in [3.63, 3.8) is 0 Å². The number of nitrogens with two attached hydrogens (primary N) is 1. The van der Waals surface area contributed by atoms with Crippen molar-refractivity contribution in [2.75, 3.05) is 6.54 Å². The lowest BCUT2D eigenvalue weighted by molar-refractivity contribution is -0.690. The molecule has 1 aliphatic heterocycles. The van der Waals surface area contributed by atoms with Gasteiger partial charge in [0.2, 0.25) is 5.76 Å². The number of benzene rings is 1. The van der Waals surface area contributed by atoms with Gasteiger partial charge in [0.15, 0.2) is 5.78 Å². The Balaban J connectivity index is 2.56. The van der Waals surface area contributed by atoms with Gasteiger partial charge < -0.3 is 10.4 Å². The number of Topliss-reactive ketones (excluding diaryl/α,β-unsaturated/α-hetero) is 1. The van der Waals surface area contributed by atoms with Gasteiger partial charge in [0.05, 0.1) is 6.54 Å². The number of allylic oxidation sites excluding steroid dienone is 1. The monoisotopic (exact) mass is 286 g/mol. The maximum absolute atomic E-state index is 12.7. The lowest BCUT2D eigenvalue weighted by atomic mass is 9.87. The van der Waals surface area contributed by atoms with E-state index in [0.717, 1.165) is 18.9 Å². The Bertz CT molecular complexity index is 564. The van der Waals surface area contributed by atoms with Crippen molar-refractivity contribution in [3.8, 4) is 0 Å². The highest BCUT2D eigenvalue weighted by molar-refractivity contribution is 5.95. The summed E-state index contributed by atoms with van der Waals surface area (Å²) in [5, 5.41) is 11.1. The summed E-state index contributed by atoms with van der Waals surface area (Å²) in [6, 6.07) is 6.24. The van der Waals surface area contributed by atoms with E-state index in [4.69, 9.17) is 0 Å². The number of hydrogen-bond acceptors (Lipinski definition) is 2. The van der Waals surface area contributed by atoms with Crippen LogP contribution >= 0.6 is 0 Å². The summed E-state index contributed by atoms with van der Waals surface area (Å²) in [6.45, 7) is 1.62. The van der Waals surface area contributed by atoms with Crippen LogP contribution in [0.1, 0.15) is 24.1 Å². The SMILES string of the molecule is CC(=O)C(=C(O)C(F)(F)F)[C@@H]1[NH2+]CCc2ccccc21. The van der Waals surface area contributed by atoms with Crippen molar-refractivity contribution >= 4 is 5.78 Å². The Morgan fingerprint density at radius 2 is 2.00 bits per heavy atom. The Labute approximate surface area is 114 Å². The second-order valence-corrected chi connectivity index (χ2v) is 4.77. The quantitative estimate of drug-likeness (QED) is 0.643. The molecule has 1 heterocycles. The van der Waals surface area contributed by atoms with Gasteiger partial charge in [-0.25, -0.2) is 0 Å². The largest absolute Gasteiger partial charge is 0.504 e. The van der Waals surface area contributed by atoms with Gasteiger partial charge in [0, 0.05) is 12.0 Å². The number of carbonyl (C=O) groups excluding carboxylic acids is 1. The second-order valence-electron chi connectivity index (χ2n) is 4.77. The van der Waals surface area contributed by atoms with Gasteiger partial charge in [-0.1, -0.05) is 24.3 Å². The average molecular weight is 286 g/mol. The number of aliphatic hydroxyl groups is 1. The lowest BCUT2D eigenvalue weighted by Crippen LogP contribution is -2.87. The molecule has 0 saturated heterocycles. The van der Waals surface area contributed by atoms with Crippen LogP contribution in [0.5, 0.6) is 0 Å². The Morgan fingerprint density at radius 1 is 1.35 bits per heavy atom. The van der Waals surface area contributed by atoms with Crippen molar-refractivity contribution in [2.45, 2.75) is 25.6 Å².